The van der Waals surface area contributed by atoms with E-state index in [0.29, 0.717) is 0 Å². The number of carbonyl (C=O) groups excluding carboxylic acids is 1. The Kier molecular flexibility index (Phi) is 5.69. The molecule has 6 heteroatoms. The fraction of sp³-hybridized carbons (Fsp3) is 0.462. The maximum absolute atomic E-state index is 13.5. The summed E-state index contributed by atoms with van der Waals surface area (Å²) >= 11 is 0. The molecule has 1 saturated heterocycles. The van der Waals surface area contributed by atoms with Gasteiger partial charge in [0.2, 0.25) is 0 Å². The van der Waals surface area contributed by atoms with Gasteiger partial charge in [0.05, 0.1) is 5.56 Å². The van der Waals surface area contributed by atoms with Crippen LogP contribution in [0.4, 0.5) is 8.78 Å². The molecule has 1 aromatic carbocycles. The van der Waals surface area contributed by atoms with Gasteiger partial charge in [-0.1, -0.05) is 6.07 Å². The molecule has 0 spiro atoms. The minimum Gasteiger partial charge on any atom is -0.339 e. The van der Waals surface area contributed by atoms with Crippen LogP contribution in [0.2, 0.25) is 0 Å². The Balaban J connectivity index is 0.00000180. The number of nitrogens with one attached hydrogen (secondary N) is 1. The Bertz CT molecular complexity index is 450. The van der Waals surface area contributed by atoms with Crippen molar-refractivity contribution < 1.29 is 13.6 Å². The molecule has 19 heavy (non-hydrogen) atoms. The second-order valence-corrected chi connectivity index (χ2v) is 4.50. The van der Waals surface area contributed by atoms with Gasteiger partial charge in [-0.2, -0.15) is 0 Å². The number of rotatable bonds is 2. The number of nitrogens with zero attached hydrogens (tertiary/aromatic N) is 1. The van der Waals surface area contributed by atoms with Crippen LogP contribution < -0.4 is 5.32 Å². The molecule has 0 atom stereocenters. The molecular weight excluding hydrogens is 274 g/mol. The lowest BCUT2D eigenvalue weighted by molar-refractivity contribution is 0.0697. The fourth-order valence-corrected chi connectivity index (χ4v) is 2.22. The Morgan fingerprint density at radius 1 is 1.32 bits per heavy atom. The lowest BCUT2D eigenvalue weighted by Crippen LogP contribution is -2.44. The van der Waals surface area contributed by atoms with E-state index in [9.17, 15) is 13.6 Å². The van der Waals surface area contributed by atoms with Gasteiger partial charge in [0.15, 0.2) is 11.6 Å². The molecule has 0 bridgehead atoms. The summed E-state index contributed by atoms with van der Waals surface area (Å²) in [6.45, 7) is 1.68. The van der Waals surface area contributed by atoms with Crippen molar-refractivity contribution in [2.24, 2.45) is 0 Å². The second kappa shape index (κ2) is 6.82. The molecule has 0 radical (unpaired) electrons. The number of carbonyl (C=O) groups is 1. The quantitative estimate of drug-likeness (QED) is 0.906. The maximum atomic E-state index is 13.5. The molecule has 0 saturated carbocycles. The van der Waals surface area contributed by atoms with Crippen LogP contribution in [-0.2, 0) is 0 Å². The van der Waals surface area contributed by atoms with E-state index in [1.807, 2.05) is 0 Å². The molecule has 106 valence electrons. The van der Waals surface area contributed by atoms with Gasteiger partial charge in [0.25, 0.3) is 5.91 Å². The zero-order chi connectivity index (χ0) is 13.1. The zero-order valence-electron chi connectivity index (χ0n) is 10.7. The largest absolute Gasteiger partial charge is 0.339 e. The number of benzene rings is 1. The Morgan fingerprint density at radius 3 is 2.58 bits per heavy atom. The van der Waals surface area contributed by atoms with Crippen LogP contribution in [0.25, 0.3) is 0 Å². The lowest BCUT2D eigenvalue weighted by Gasteiger charge is -2.31. The van der Waals surface area contributed by atoms with Crippen molar-refractivity contribution in [1.29, 1.82) is 0 Å². The Hall–Kier alpha value is -1.20. The summed E-state index contributed by atoms with van der Waals surface area (Å²) in [5, 5.41) is 3.20. The zero-order valence-corrected chi connectivity index (χ0v) is 11.5. The van der Waals surface area contributed by atoms with Gasteiger partial charge < -0.3 is 10.2 Å². The second-order valence-electron chi connectivity index (χ2n) is 4.50. The molecule has 1 heterocycles. The van der Waals surface area contributed by atoms with Crippen molar-refractivity contribution in [2.45, 2.75) is 18.9 Å². The summed E-state index contributed by atoms with van der Waals surface area (Å²) in [7, 11) is 1.64. The van der Waals surface area contributed by atoms with E-state index in [4.69, 9.17) is 0 Å². The van der Waals surface area contributed by atoms with Gasteiger partial charge in [0.1, 0.15) is 0 Å². The lowest BCUT2D eigenvalue weighted by atomic mass is 10.0. The number of hydrogen-bond acceptors (Lipinski definition) is 2. The van der Waals surface area contributed by atoms with Crippen LogP contribution in [0.5, 0.6) is 0 Å². The first kappa shape index (κ1) is 15.9. The molecule has 1 aliphatic heterocycles. The van der Waals surface area contributed by atoms with Crippen molar-refractivity contribution >= 4 is 18.3 Å². The summed E-state index contributed by atoms with van der Waals surface area (Å²) in [4.78, 5) is 13.6. The summed E-state index contributed by atoms with van der Waals surface area (Å²) in [5.74, 6) is -2.51. The SMILES string of the molecule is CN(C(=O)c1cccc(F)c1F)C1CCNCC1.Cl. The summed E-state index contributed by atoms with van der Waals surface area (Å²) in [5.41, 5.74) is -0.198. The molecule has 0 aromatic heterocycles. The van der Waals surface area contributed by atoms with E-state index < -0.39 is 17.5 Å². The highest BCUT2D eigenvalue weighted by Crippen LogP contribution is 2.17. The molecule has 0 aliphatic carbocycles. The third kappa shape index (κ3) is 3.42. The van der Waals surface area contributed by atoms with Crippen LogP contribution in [0.1, 0.15) is 23.2 Å². The van der Waals surface area contributed by atoms with Crippen molar-refractivity contribution in [3.8, 4) is 0 Å². The van der Waals surface area contributed by atoms with E-state index >= 15 is 0 Å². The molecule has 1 amide bonds. The minimum atomic E-state index is -1.07. The van der Waals surface area contributed by atoms with Gasteiger partial charge in [0, 0.05) is 13.1 Å². The van der Waals surface area contributed by atoms with Crippen molar-refractivity contribution in [3.63, 3.8) is 0 Å². The van der Waals surface area contributed by atoms with Crippen molar-refractivity contribution in [3.05, 3.63) is 35.4 Å². The third-order valence-corrected chi connectivity index (χ3v) is 3.36. The van der Waals surface area contributed by atoms with Crippen molar-refractivity contribution in [1.82, 2.24) is 10.2 Å². The van der Waals surface area contributed by atoms with E-state index in [1.54, 1.807) is 7.05 Å². The molecule has 1 aromatic rings. The smallest absolute Gasteiger partial charge is 0.256 e. The average molecular weight is 291 g/mol. The van der Waals surface area contributed by atoms with E-state index in [1.165, 1.54) is 17.0 Å². The van der Waals surface area contributed by atoms with Gasteiger partial charge in [-0.15, -0.1) is 12.4 Å². The standard InChI is InChI=1S/C13H16F2N2O.ClH/c1-17(9-5-7-16-8-6-9)13(18)10-3-2-4-11(14)12(10)15;/h2-4,9,16H,5-8H2,1H3;1H. The topological polar surface area (TPSA) is 32.3 Å². The molecule has 0 unspecified atom stereocenters. The highest BCUT2D eigenvalue weighted by molar-refractivity contribution is 5.94. The maximum Gasteiger partial charge on any atom is 0.256 e. The normalized spacial score (nSPS) is 15.7. The molecule has 2 rings (SSSR count). The molecular formula is C13H17ClF2N2O. The molecule has 1 fully saturated rings. The van der Waals surface area contributed by atoms with Crippen LogP contribution in [0.3, 0.4) is 0 Å². The molecule has 1 aliphatic rings. The van der Waals surface area contributed by atoms with Crippen LogP contribution in [0, 0.1) is 11.6 Å². The summed E-state index contributed by atoms with van der Waals surface area (Å²) in [6.07, 6.45) is 1.67. The third-order valence-electron chi connectivity index (χ3n) is 3.36. The number of hydrogen-bond donors (Lipinski definition) is 1. The van der Waals surface area contributed by atoms with E-state index in [0.717, 1.165) is 32.0 Å². The first-order chi connectivity index (χ1) is 8.61. The van der Waals surface area contributed by atoms with Crippen LogP contribution >= 0.6 is 12.4 Å². The Morgan fingerprint density at radius 2 is 1.95 bits per heavy atom. The first-order valence-corrected chi connectivity index (χ1v) is 6.03. The first-order valence-electron chi connectivity index (χ1n) is 6.03. The average Bonchev–Trinajstić information content (AvgIpc) is 2.41. The van der Waals surface area contributed by atoms with Gasteiger partial charge >= 0.3 is 0 Å². The summed E-state index contributed by atoms with van der Waals surface area (Å²) in [6, 6.07) is 3.76. The highest BCUT2D eigenvalue weighted by atomic mass is 35.5. The fourth-order valence-electron chi connectivity index (χ4n) is 2.22. The van der Waals surface area contributed by atoms with Gasteiger partial charge in [-0.05, 0) is 38.1 Å². The van der Waals surface area contributed by atoms with E-state index in [-0.39, 0.29) is 24.0 Å². The van der Waals surface area contributed by atoms with Crippen LogP contribution in [0.15, 0.2) is 18.2 Å². The van der Waals surface area contributed by atoms with Crippen molar-refractivity contribution in [2.75, 3.05) is 20.1 Å². The number of amides is 1. The predicted octanol–water partition coefficient (Wildman–Crippen LogP) is 2.21. The van der Waals surface area contributed by atoms with Gasteiger partial charge in [-0.25, -0.2) is 8.78 Å². The van der Waals surface area contributed by atoms with Gasteiger partial charge in [-0.3, -0.25) is 4.79 Å². The predicted molar refractivity (Wildman–Crippen MR) is 71.6 cm³/mol. The number of halogens is 3. The minimum absolute atomic E-state index is 0. The Labute approximate surface area is 117 Å². The number of piperidine rings is 1. The van der Waals surface area contributed by atoms with Crippen LogP contribution in [-0.4, -0.2) is 37.0 Å². The monoisotopic (exact) mass is 290 g/mol. The summed E-state index contributed by atoms with van der Waals surface area (Å²) < 4.78 is 26.6. The molecule has 3 nitrogen and oxygen atoms in total. The molecule has 1 N–H and O–H groups in total. The van der Waals surface area contributed by atoms with E-state index in [2.05, 4.69) is 5.32 Å². The highest BCUT2D eigenvalue weighted by Gasteiger charge is 2.25.